The Hall–Kier alpha value is -1.99. The Kier molecular flexibility index (Phi) is 4.08. The molecule has 0 bridgehead atoms. The minimum atomic E-state index is -0.560. The molecule has 2 aromatic rings. The number of aliphatic hydroxyl groups excluding tert-OH is 1. The first-order valence-corrected chi connectivity index (χ1v) is 6.06. The molecule has 0 amide bonds. The monoisotopic (exact) mass is 324 g/mol. The number of benzene rings is 1. The molecule has 6 nitrogen and oxygen atoms in total. The van der Waals surface area contributed by atoms with E-state index in [0.29, 0.717) is 10.2 Å². The van der Waals surface area contributed by atoms with Gasteiger partial charge in [0.2, 0.25) is 5.75 Å². The fourth-order valence-electron chi connectivity index (χ4n) is 1.42. The summed E-state index contributed by atoms with van der Waals surface area (Å²) in [5, 5.41) is 19.8. The zero-order valence-corrected chi connectivity index (χ0v) is 11.2. The van der Waals surface area contributed by atoms with E-state index in [2.05, 4.69) is 20.9 Å². The van der Waals surface area contributed by atoms with E-state index < -0.39 is 4.92 Å². The third kappa shape index (κ3) is 3.07. The number of hydrogen-bond acceptors (Lipinski definition) is 5. The van der Waals surface area contributed by atoms with Crippen LogP contribution in [0.2, 0.25) is 0 Å². The van der Waals surface area contributed by atoms with Gasteiger partial charge in [0.15, 0.2) is 0 Å². The molecule has 0 aliphatic heterocycles. The molecule has 19 heavy (non-hydrogen) atoms. The summed E-state index contributed by atoms with van der Waals surface area (Å²) in [6.07, 6.45) is 2.55. The summed E-state index contributed by atoms with van der Waals surface area (Å²) in [7, 11) is 0. The van der Waals surface area contributed by atoms with Crippen LogP contribution >= 0.6 is 15.9 Å². The second-order valence-corrected chi connectivity index (χ2v) is 4.49. The van der Waals surface area contributed by atoms with Crippen LogP contribution in [0.4, 0.5) is 5.69 Å². The molecule has 1 aromatic heterocycles. The van der Waals surface area contributed by atoms with Crippen LogP contribution in [0, 0.1) is 10.1 Å². The molecule has 0 atom stereocenters. The van der Waals surface area contributed by atoms with E-state index in [1.807, 2.05) is 0 Å². The quantitative estimate of drug-likeness (QED) is 0.690. The van der Waals surface area contributed by atoms with Gasteiger partial charge in [0, 0.05) is 6.20 Å². The molecule has 0 saturated carbocycles. The van der Waals surface area contributed by atoms with E-state index in [4.69, 9.17) is 9.84 Å². The predicted octanol–water partition coefficient (Wildman–Crippen LogP) is 3.04. The van der Waals surface area contributed by atoms with Crippen LogP contribution < -0.4 is 4.74 Å². The van der Waals surface area contributed by atoms with Crippen LogP contribution in [0.3, 0.4) is 0 Å². The summed E-state index contributed by atoms with van der Waals surface area (Å²) in [6.45, 7) is -0.0701. The molecule has 98 valence electrons. The van der Waals surface area contributed by atoms with Gasteiger partial charge in [-0.15, -0.1) is 0 Å². The number of halogens is 1. The molecule has 2 rings (SSSR count). The van der Waals surface area contributed by atoms with Crippen LogP contribution in [0.5, 0.6) is 11.5 Å². The lowest BCUT2D eigenvalue weighted by Gasteiger charge is -2.08. The van der Waals surface area contributed by atoms with Gasteiger partial charge in [-0.2, -0.15) is 0 Å². The number of hydrogen-bond donors (Lipinski definition) is 1. The van der Waals surface area contributed by atoms with Gasteiger partial charge in [-0.3, -0.25) is 15.1 Å². The van der Waals surface area contributed by atoms with Crippen molar-refractivity contribution in [3.8, 4) is 11.5 Å². The average Bonchev–Trinajstić information content (AvgIpc) is 2.41. The van der Waals surface area contributed by atoms with Crippen molar-refractivity contribution in [1.82, 2.24) is 4.98 Å². The highest BCUT2D eigenvalue weighted by molar-refractivity contribution is 9.10. The molecular weight excluding hydrogens is 316 g/mol. The van der Waals surface area contributed by atoms with Crippen molar-refractivity contribution in [3.63, 3.8) is 0 Å². The Morgan fingerprint density at radius 3 is 2.58 bits per heavy atom. The number of pyridine rings is 1. The van der Waals surface area contributed by atoms with E-state index in [0.717, 1.165) is 11.8 Å². The van der Waals surface area contributed by atoms with E-state index >= 15 is 0 Å². The maximum absolute atomic E-state index is 10.9. The maximum Gasteiger partial charge on any atom is 0.330 e. The van der Waals surface area contributed by atoms with Crippen molar-refractivity contribution >= 4 is 21.6 Å². The Balaban J connectivity index is 2.34. The molecular formula is C12H9BrN2O4. The lowest BCUT2D eigenvalue weighted by Crippen LogP contribution is -1.95. The number of ether oxygens (including phenoxy) is 1. The molecule has 0 saturated heterocycles. The van der Waals surface area contributed by atoms with Gasteiger partial charge >= 0.3 is 5.69 Å². The summed E-state index contributed by atoms with van der Waals surface area (Å²) >= 11 is 3.17. The van der Waals surface area contributed by atoms with Crippen molar-refractivity contribution < 1.29 is 14.8 Å². The lowest BCUT2D eigenvalue weighted by molar-refractivity contribution is -0.386. The van der Waals surface area contributed by atoms with Gasteiger partial charge in [0.1, 0.15) is 11.9 Å². The van der Waals surface area contributed by atoms with Crippen molar-refractivity contribution in [1.29, 1.82) is 0 Å². The second kappa shape index (κ2) is 5.77. The molecule has 7 heteroatoms. The Bertz CT molecular complexity index is 601. The van der Waals surface area contributed by atoms with Gasteiger partial charge in [-0.25, -0.2) is 0 Å². The zero-order valence-electron chi connectivity index (χ0n) is 9.62. The summed E-state index contributed by atoms with van der Waals surface area (Å²) in [5.74, 6) is 0.531. The largest absolute Gasteiger partial charge is 0.449 e. The molecule has 0 fully saturated rings. The fraction of sp³-hybridized carbons (Fsp3) is 0.0833. The van der Waals surface area contributed by atoms with Gasteiger partial charge < -0.3 is 9.84 Å². The molecule has 0 radical (unpaired) electrons. The Labute approximate surface area is 117 Å². The second-order valence-electron chi connectivity index (χ2n) is 3.63. The topological polar surface area (TPSA) is 85.5 Å². The van der Waals surface area contributed by atoms with Gasteiger partial charge in [-0.05, 0) is 33.6 Å². The number of nitro groups is 1. The first kappa shape index (κ1) is 13.4. The summed E-state index contributed by atoms with van der Waals surface area (Å²) in [5.41, 5.74) is 0.510. The first-order chi connectivity index (χ1) is 9.11. The van der Waals surface area contributed by atoms with E-state index in [9.17, 15) is 10.1 Å². The minimum absolute atomic E-state index is 0.0701. The third-order valence-electron chi connectivity index (χ3n) is 2.36. The molecule has 1 heterocycles. The number of nitrogens with zero attached hydrogens (tertiary/aromatic N) is 2. The van der Waals surface area contributed by atoms with Gasteiger partial charge in [0.25, 0.3) is 0 Å². The van der Waals surface area contributed by atoms with Gasteiger partial charge in [-0.1, -0.05) is 12.1 Å². The number of rotatable bonds is 4. The number of aliphatic hydroxyl groups is 1. The highest BCUT2D eigenvalue weighted by atomic mass is 79.9. The van der Waals surface area contributed by atoms with Crippen LogP contribution in [-0.2, 0) is 6.61 Å². The summed E-state index contributed by atoms with van der Waals surface area (Å²) in [6, 6.07) is 6.61. The molecule has 0 unspecified atom stereocenters. The van der Waals surface area contributed by atoms with Crippen molar-refractivity contribution in [2.24, 2.45) is 0 Å². The Morgan fingerprint density at radius 2 is 2.00 bits per heavy atom. The number of aromatic nitrogens is 1. The minimum Gasteiger partial charge on any atom is -0.449 e. The van der Waals surface area contributed by atoms with E-state index in [-0.39, 0.29) is 18.0 Å². The third-order valence-corrected chi connectivity index (χ3v) is 2.92. The highest BCUT2D eigenvalue weighted by Gasteiger charge is 2.19. The fourth-order valence-corrected chi connectivity index (χ4v) is 1.83. The molecule has 1 N–H and O–H groups in total. The van der Waals surface area contributed by atoms with Crippen molar-refractivity contribution in [2.45, 2.75) is 6.61 Å². The van der Waals surface area contributed by atoms with E-state index in [1.54, 1.807) is 24.3 Å². The SMILES string of the molecule is O=[N+]([O-])c1cncc(Br)c1Oc1ccc(CO)cc1. The van der Waals surface area contributed by atoms with Crippen molar-refractivity contribution in [2.75, 3.05) is 0 Å². The maximum atomic E-state index is 10.9. The van der Waals surface area contributed by atoms with Crippen LogP contribution in [0.1, 0.15) is 5.56 Å². The van der Waals surface area contributed by atoms with Crippen LogP contribution in [0.25, 0.3) is 0 Å². The molecule has 1 aromatic carbocycles. The first-order valence-electron chi connectivity index (χ1n) is 5.27. The summed E-state index contributed by atoms with van der Waals surface area (Å²) in [4.78, 5) is 14.1. The van der Waals surface area contributed by atoms with E-state index in [1.165, 1.54) is 6.20 Å². The molecule has 0 aliphatic carbocycles. The Morgan fingerprint density at radius 1 is 1.32 bits per heavy atom. The lowest BCUT2D eigenvalue weighted by atomic mass is 10.2. The summed E-state index contributed by atoms with van der Waals surface area (Å²) < 4.78 is 5.89. The zero-order chi connectivity index (χ0) is 13.8. The molecule has 0 aliphatic rings. The van der Waals surface area contributed by atoms with Crippen LogP contribution in [0.15, 0.2) is 41.1 Å². The highest BCUT2D eigenvalue weighted by Crippen LogP contribution is 2.37. The normalized spacial score (nSPS) is 10.2. The van der Waals surface area contributed by atoms with Crippen molar-refractivity contribution in [3.05, 3.63) is 56.8 Å². The van der Waals surface area contributed by atoms with Crippen LogP contribution in [-0.4, -0.2) is 15.0 Å². The standard InChI is InChI=1S/C12H9BrN2O4/c13-10-5-14-6-11(15(17)18)12(10)19-9-3-1-8(7-16)2-4-9/h1-6,16H,7H2. The smallest absolute Gasteiger partial charge is 0.330 e. The predicted molar refractivity (Wildman–Crippen MR) is 71.0 cm³/mol. The average molecular weight is 325 g/mol. The van der Waals surface area contributed by atoms with Gasteiger partial charge in [0.05, 0.1) is 16.0 Å². The molecule has 0 spiro atoms.